The minimum Gasteiger partial charge on any atom is -0.336 e. The predicted octanol–water partition coefficient (Wildman–Crippen LogP) is 0.445. The van der Waals surface area contributed by atoms with Gasteiger partial charge in [-0.05, 0) is 12.5 Å². The number of carbonyl (C=O) groups excluding carboxylic acids is 1. The van der Waals surface area contributed by atoms with E-state index in [2.05, 4.69) is 11.0 Å². The fourth-order valence-electron chi connectivity index (χ4n) is 2.53. The summed E-state index contributed by atoms with van der Waals surface area (Å²) < 4.78 is 1.44. The van der Waals surface area contributed by atoms with Gasteiger partial charge in [-0.25, -0.2) is 0 Å². The van der Waals surface area contributed by atoms with Crippen LogP contribution in [0.3, 0.4) is 0 Å². The molecular formula is C15H20N4O2. The van der Waals surface area contributed by atoms with Crippen LogP contribution in [-0.2, 0) is 7.05 Å². The Labute approximate surface area is 124 Å². The highest BCUT2D eigenvalue weighted by atomic mass is 16.2. The molecule has 112 valence electrons. The first-order valence-corrected chi connectivity index (χ1v) is 7.16. The van der Waals surface area contributed by atoms with E-state index in [4.69, 9.17) is 5.26 Å². The van der Waals surface area contributed by atoms with E-state index in [1.54, 1.807) is 24.2 Å². The van der Waals surface area contributed by atoms with Crippen LogP contribution < -0.4 is 5.56 Å². The molecule has 1 saturated heterocycles. The van der Waals surface area contributed by atoms with Crippen LogP contribution in [0.2, 0.25) is 0 Å². The largest absolute Gasteiger partial charge is 0.336 e. The number of aromatic nitrogens is 1. The normalized spacial score (nSPS) is 17.3. The van der Waals surface area contributed by atoms with E-state index < -0.39 is 0 Å². The first kappa shape index (κ1) is 15.3. The molecule has 0 aromatic carbocycles. The minimum absolute atomic E-state index is 0.0775. The number of pyridine rings is 1. The number of nitrogens with zero attached hydrogens (tertiary/aromatic N) is 4. The molecule has 2 rings (SSSR count). The van der Waals surface area contributed by atoms with E-state index in [1.807, 2.05) is 6.92 Å². The summed E-state index contributed by atoms with van der Waals surface area (Å²) in [5.74, 6) is -0.114. The molecule has 1 aliphatic heterocycles. The second kappa shape index (κ2) is 6.55. The molecule has 0 N–H and O–H groups in total. The van der Waals surface area contributed by atoms with Crippen LogP contribution in [-0.4, -0.2) is 52.5 Å². The molecule has 6 heteroatoms. The number of nitriles is 1. The van der Waals surface area contributed by atoms with Gasteiger partial charge in [0.05, 0.1) is 12.1 Å². The van der Waals surface area contributed by atoms with E-state index in [9.17, 15) is 9.59 Å². The molecule has 1 aliphatic rings. The molecule has 0 saturated carbocycles. The van der Waals surface area contributed by atoms with Crippen molar-refractivity contribution in [2.24, 2.45) is 7.05 Å². The lowest BCUT2D eigenvalue weighted by Gasteiger charge is -2.36. The van der Waals surface area contributed by atoms with Gasteiger partial charge in [-0.2, -0.15) is 5.26 Å². The predicted molar refractivity (Wildman–Crippen MR) is 78.9 cm³/mol. The zero-order valence-corrected chi connectivity index (χ0v) is 12.5. The Bertz CT molecular complexity index is 609. The smallest absolute Gasteiger partial charge is 0.254 e. The Morgan fingerprint density at radius 2 is 2.05 bits per heavy atom. The highest BCUT2D eigenvalue weighted by Crippen LogP contribution is 2.11. The van der Waals surface area contributed by atoms with Gasteiger partial charge in [-0.1, -0.05) is 6.92 Å². The Morgan fingerprint density at radius 3 is 2.57 bits per heavy atom. The van der Waals surface area contributed by atoms with Crippen molar-refractivity contribution in [2.45, 2.75) is 19.4 Å². The molecule has 2 heterocycles. The van der Waals surface area contributed by atoms with Gasteiger partial charge in [-0.3, -0.25) is 14.5 Å². The first-order chi connectivity index (χ1) is 10.1. The molecule has 1 aromatic heterocycles. The molecular weight excluding hydrogens is 268 g/mol. The van der Waals surface area contributed by atoms with Crippen molar-refractivity contribution in [3.8, 4) is 6.07 Å². The van der Waals surface area contributed by atoms with Gasteiger partial charge >= 0.3 is 0 Å². The zero-order valence-electron chi connectivity index (χ0n) is 12.5. The lowest BCUT2D eigenvalue weighted by atomic mass is 10.1. The summed E-state index contributed by atoms with van der Waals surface area (Å²) in [5.41, 5.74) is 0.244. The molecule has 1 unspecified atom stereocenters. The monoisotopic (exact) mass is 288 g/mol. The van der Waals surface area contributed by atoms with Crippen LogP contribution in [0.4, 0.5) is 0 Å². The van der Waals surface area contributed by atoms with Gasteiger partial charge in [-0.15, -0.1) is 0 Å². The Hall–Kier alpha value is -2.13. The van der Waals surface area contributed by atoms with Crippen molar-refractivity contribution < 1.29 is 4.79 Å². The number of carbonyl (C=O) groups is 1. The summed E-state index contributed by atoms with van der Waals surface area (Å²) in [6, 6.07) is 5.25. The molecule has 1 amide bonds. The second-order valence-corrected chi connectivity index (χ2v) is 5.25. The van der Waals surface area contributed by atoms with Crippen LogP contribution in [0.15, 0.2) is 23.1 Å². The third-order valence-electron chi connectivity index (χ3n) is 3.93. The van der Waals surface area contributed by atoms with Gasteiger partial charge in [0.25, 0.3) is 11.5 Å². The highest BCUT2D eigenvalue weighted by Gasteiger charge is 2.25. The maximum Gasteiger partial charge on any atom is 0.254 e. The van der Waals surface area contributed by atoms with E-state index in [-0.39, 0.29) is 17.5 Å². The number of hydrogen-bond acceptors (Lipinski definition) is 4. The number of piperazine rings is 1. The van der Waals surface area contributed by atoms with Crippen molar-refractivity contribution >= 4 is 5.91 Å². The van der Waals surface area contributed by atoms with Crippen molar-refractivity contribution in [1.29, 1.82) is 5.26 Å². The van der Waals surface area contributed by atoms with E-state index >= 15 is 0 Å². The van der Waals surface area contributed by atoms with Crippen molar-refractivity contribution in [1.82, 2.24) is 14.4 Å². The van der Waals surface area contributed by atoms with Crippen LogP contribution in [0.1, 0.15) is 23.7 Å². The summed E-state index contributed by atoms with van der Waals surface area (Å²) >= 11 is 0. The molecule has 0 bridgehead atoms. The first-order valence-electron chi connectivity index (χ1n) is 7.16. The van der Waals surface area contributed by atoms with Crippen LogP contribution >= 0.6 is 0 Å². The number of rotatable bonds is 3. The fourth-order valence-corrected chi connectivity index (χ4v) is 2.53. The van der Waals surface area contributed by atoms with Gasteiger partial charge in [0.15, 0.2) is 0 Å². The topological polar surface area (TPSA) is 69.3 Å². The summed E-state index contributed by atoms with van der Waals surface area (Å²) in [4.78, 5) is 27.8. The van der Waals surface area contributed by atoms with E-state index in [1.165, 1.54) is 10.6 Å². The molecule has 1 aromatic rings. The summed E-state index contributed by atoms with van der Waals surface area (Å²) in [5, 5.41) is 9.08. The van der Waals surface area contributed by atoms with Gasteiger partial charge in [0.2, 0.25) is 0 Å². The minimum atomic E-state index is -0.185. The maximum absolute atomic E-state index is 12.4. The molecule has 1 fully saturated rings. The quantitative estimate of drug-likeness (QED) is 0.809. The maximum atomic E-state index is 12.4. The molecule has 21 heavy (non-hydrogen) atoms. The number of hydrogen-bond donors (Lipinski definition) is 0. The highest BCUT2D eigenvalue weighted by molar-refractivity contribution is 5.94. The van der Waals surface area contributed by atoms with Crippen molar-refractivity contribution in [2.75, 3.05) is 26.2 Å². The van der Waals surface area contributed by atoms with E-state index in [0.29, 0.717) is 31.7 Å². The third kappa shape index (κ3) is 3.31. The standard InChI is InChI=1S/C15H20N4O2/c1-3-13(11-16)18-6-8-19(9-7-18)15(21)12-4-5-17(2)14(20)10-12/h4-5,10,13H,3,6-9H2,1-2H3. The Kier molecular flexibility index (Phi) is 4.76. The lowest BCUT2D eigenvalue weighted by Crippen LogP contribution is -2.51. The van der Waals surface area contributed by atoms with Crippen LogP contribution in [0.25, 0.3) is 0 Å². The average molecular weight is 288 g/mol. The van der Waals surface area contributed by atoms with Gasteiger partial charge in [0, 0.05) is 51.1 Å². The fraction of sp³-hybridized carbons (Fsp3) is 0.533. The average Bonchev–Trinajstić information content (AvgIpc) is 2.51. The van der Waals surface area contributed by atoms with Gasteiger partial charge in [0.1, 0.15) is 0 Å². The summed E-state index contributed by atoms with van der Waals surface area (Å²) in [6.07, 6.45) is 2.40. The Morgan fingerprint density at radius 1 is 1.38 bits per heavy atom. The number of amides is 1. The number of aryl methyl sites for hydroxylation is 1. The SMILES string of the molecule is CCC(C#N)N1CCN(C(=O)c2ccn(C)c(=O)c2)CC1. The van der Waals surface area contributed by atoms with Gasteiger partial charge < -0.3 is 9.47 Å². The van der Waals surface area contributed by atoms with Crippen LogP contribution in [0.5, 0.6) is 0 Å². The zero-order chi connectivity index (χ0) is 15.4. The molecule has 0 aliphatic carbocycles. The van der Waals surface area contributed by atoms with Crippen molar-refractivity contribution in [3.63, 3.8) is 0 Å². The summed E-state index contributed by atoms with van der Waals surface area (Å²) in [7, 11) is 1.65. The second-order valence-electron chi connectivity index (χ2n) is 5.25. The van der Waals surface area contributed by atoms with E-state index in [0.717, 1.165) is 6.42 Å². The summed E-state index contributed by atoms with van der Waals surface area (Å²) in [6.45, 7) is 4.56. The molecule has 6 nitrogen and oxygen atoms in total. The lowest BCUT2D eigenvalue weighted by molar-refractivity contribution is 0.0604. The molecule has 0 radical (unpaired) electrons. The van der Waals surface area contributed by atoms with Crippen molar-refractivity contribution in [3.05, 3.63) is 34.2 Å². The van der Waals surface area contributed by atoms with Crippen LogP contribution in [0, 0.1) is 11.3 Å². The Balaban J connectivity index is 2.02. The molecule has 1 atom stereocenters. The third-order valence-corrected chi connectivity index (χ3v) is 3.93. The molecule has 0 spiro atoms.